The molecule has 2 rings (SSSR count). The van der Waals surface area contributed by atoms with E-state index in [-0.39, 0.29) is 35.6 Å². The van der Waals surface area contributed by atoms with Crippen LogP contribution in [0, 0.1) is 11.8 Å². The third-order valence-electron chi connectivity index (χ3n) is 4.85. The maximum Gasteiger partial charge on any atom is 0.225 e. The normalized spacial score (nSPS) is 22.5. The molecule has 23 heavy (non-hydrogen) atoms. The molecule has 1 aliphatic carbocycles. The van der Waals surface area contributed by atoms with Gasteiger partial charge < -0.3 is 15.5 Å². The zero-order chi connectivity index (χ0) is 16.8. The number of hydrogen-bond donors (Lipinski definition) is 2. The van der Waals surface area contributed by atoms with Gasteiger partial charge in [-0.1, -0.05) is 19.3 Å². The summed E-state index contributed by atoms with van der Waals surface area (Å²) in [5, 5.41) is 5.73. The minimum absolute atomic E-state index is 0.0470. The molecule has 0 radical (unpaired) electrons. The number of carbonyl (C=O) groups excluding carboxylic acids is 3. The lowest BCUT2D eigenvalue weighted by Gasteiger charge is -2.21. The summed E-state index contributed by atoms with van der Waals surface area (Å²) < 4.78 is 0. The second kappa shape index (κ2) is 8.31. The van der Waals surface area contributed by atoms with Gasteiger partial charge in [0.05, 0.1) is 5.92 Å². The van der Waals surface area contributed by atoms with Gasteiger partial charge in [-0.15, -0.1) is 0 Å². The van der Waals surface area contributed by atoms with Gasteiger partial charge in [0.1, 0.15) is 0 Å². The van der Waals surface area contributed by atoms with Crippen LogP contribution in [0.5, 0.6) is 0 Å². The lowest BCUT2D eigenvalue weighted by atomic mass is 9.89. The SMILES string of the molecule is CC(C)N1C[C@H](C(=O)NCCNC(=O)C2CCCCC2)CC1=O. The first-order valence-corrected chi connectivity index (χ1v) is 8.84. The first-order valence-electron chi connectivity index (χ1n) is 8.84. The lowest BCUT2D eigenvalue weighted by Crippen LogP contribution is -2.40. The molecule has 3 amide bonds. The van der Waals surface area contributed by atoms with Gasteiger partial charge in [0, 0.05) is 38.0 Å². The average molecular weight is 323 g/mol. The predicted octanol–water partition coefficient (Wildman–Crippen LogP) is 1.06. The average Bonchev–Trinajstić information content (AvgIpc) is 2.94. The van der Waals surface area contributed by atoms with Crippen LogP contribution >= 0.6 is 0 Å². The van der Waals surface area contributed by atoms with Crippen LogP contribution in [0.1, 0.15) is 52.4 Å². The van der Waals surface area contributed by atoms with E-state index in [0.29, 0.717) is 26.1 Å². The molecule has 0 aromatic carbocycles. The molecule has 0 spiro atoms. The minimum Gasteiger partial charge on any atom is -0.354 e. The van der Waals surface area contributed by atoms with E-state index in [4.69, 9.17) is 0 Å². The monoisotopic (exact) mass is 323 g/mol. The van der Waals surface area contributed by atoms with Gasteiger partial charge in [-0.3, -0.25) is 14.4 Å². The molecule has 130 valence electrons. The van der Waals surface area contributed by atoms with Crippen LogP contribution in [-0.4, -0.2) is 48.3 Å². The molecule has 2 fully saturated rings. The van der Waals surface area contributed by atoms with Gasteiger partial charge >= 0.3 is 0 Å². The van der Waals surface area contributed by atoms with Crippen molar-refractivity contribution in [1.82, 2.24) is 15.5 Å². The molecule has 0 aromatic rings. The number of amides is 3. The molecule has 1 saturated heterocycles. The first-order chi connectivity index (χ1) is 11.0. The maximum atomic E-state index is 12.1. The van der Waals surface area contributed by atoms with E-state index in [0.717, 1.165) is 25.7 Å². The highest BCUT2D eigenvalue weighted by molar-refractivity contribution is 5.89. The fraction of sp³-hybridized carbons (Fsp3) is 0.824. The molecule has 0 bridgehead atoms. The highest BCUT2D eigenvalue weighted by atomic mass is 16.2. The first kappa shape index (κ1) is 17.8. The third kappa shape index (κ3) is 4.94. The maximum absolute atomic E-state index is 12.1. The zero-order valence-corrected chi connectivity index (χ0v) is 14.3. The van der Waals surface area contributed by atoms with Crippen molar-refractivity contribution >= 4 is 17.7 Å². The largest absolute Gasteiger partial charge is 0.354 e. The summed E-state index contributed by atoms with van der Waals surface area (Å²) in [4.78, 5) is 37.6. The van der Waals surface area contributed by atoms with Crippen molar-refractivity contribution < 1.29 is 14.4 Å². The molecule has 6 nitrogen and oxygen atoms in total. The Balaban J connectivity index is 1.63. The second-order valence-electron chi connectivity index (χ2n) is 6.96. The van der Waals surface area contributed by atoms with Crippen LogP contribution in [-0.2, 0) is 14.4 Å². The highest BCUT2D eigenvalue weighted by Crippen LogP contribution is 2.23. The van der Waals surface area contributed by atoms with Gasteiger partial charge in [0.15, 0.2) is 0 Å². The van der Waals surface area contributed by atoms with E-state index in [9.17, 15) is 14.4 Å². The Bertz CT molecular complexity index is 444. The van der Waals surface area contributed by atoms with Crippen LogP contribution in [0.4, 0.5) is 0 Å². The van der Waals surface area contributed by atoms with E-state index < -0.39 is 0 Å². The molecule has 2 N–H and O–H groups in total. The molecular formula is C17H29N3O3. The number of nitrogens with one attached hydrogen (secondary N) is 2. The second-order valence-corrected chi connectivity index (χ2v) is 6.96. The Morgan fingerprint density at radius 1 is 1.04 bits per heavy atom. The topological polar surface area (TPSA) is 78.5 Å². The van der Waals surface area contributed by atoms with Crippen molar-refractivity contribution in [2.75, 3.05) is 19.6 Å². The molecule has 1 heterocycles. The van der Waals surface area contributed by atoms with Gasteiger partial charge in [-0.2, -0.15) is 0 Å². The Kier molecular flexibility index (Phi) is 6.42. The Hall–Kier alpha value is -1.59. The van der Waals surface area contributed by atoms with E-state index in [1.54, 1.807) is 4.90 Å². The molecule has 0 unspecified atom stereocenters. The van der Waals surface area contributed by atoms with E-state index in [1.807, 2.05) is 13.8 Å². The zero-order valence-electron chi connectivity index (χ0n) is 14.3. The summed E-state index contributed by atoms with van der Waals surface area (Å²) in [6.07, 6.45) is 5.75. The molecular weight excluding hydrogens is 294 g/mol. The van der Waals surface area contributed by atoms with Crippen molar-refractivity contribution in [2.45, 2.75) is 58.4 Å². The summed E-state index contributed by atoms with van der Waals surface area (Å²) in [6.45, 7) is 5.29. The number of hydrogen-bond acceptors (Lipinski definition) is 3. The van der Waals surface area contributed by atoms with Gasteiger partial charge in [-0.05, 0) is 26.7 Å². The molecule has 1 aliphatic heterocycles. The van der Waals surface area contributed by atoms with Crippen LogP contribution in [0.15, 0.2) is 0 Å². The molecule has 6 heteroatoms. The Morgan fingerprint density at radius 2 is 1.61 bits per heavy atom. The van der Waals surface area contributed by atoms with Crippen LogP contribution in [0.25, 0.3) is 0 Å². The number of carbonyl (C=O) groups is 3. The summed E-state index contributed by atoms with van der Waals surface area (Å²) in [5.41, 5.74) is 0. The van der Waals surface area contributed by atoms with Crippen molar-refractivity contribution in [3.8, 4) is 0 Å². The van der Waals surface area contributed by atoms with Crippen molar-refractivity contribution in [3.05, 3.63) is 0 Å². The number of likely N-dealkylation sites (tertiary alicyclic amines) is 1. The number of nitrogens with zero attached hydrogens (tertiary/aromatic N) is 1. The van der Waals surface area contributed by atoms with Crippen LogP contribution in [0.2, 0.25) is 0 Å². The Morgan fingerprint density at radius 3 is 2.13 bits per heavy atom. The van der Waals surface area contributed by atoms with Gasteiger partial charge in [-0.25, -0.2) is 0 Å². The molecule has 2 aliphatic rings. The summed E-state index contributed by atoms with van der Waals surface area (Å²) in [5.74, 6) is -0.0504. The van der Waals surface area contributed by atoms with Crippen molar-refractivity contribution in [2.24, 2.45) is 11.8 Å². The lowest BCUT2D eigenvalue weighted by molar-refractivity contribution is -0.129. The molecule has 1 atom stereocenters. The fourth-order valence-electron chi connectivity index (χ4n) is 3.43. The molecule has 1 saturated carbocycles. The third-order valence-corrected chi connectivity index (χ3v) is 4.85. The van der Waals surface area contributed by atoms with Gasteiger partial charge in [0.25, 0.3) is 0 Å². The quantitative estimate of drug-likeness (QED) is 0.717. The minimum atomic E-state index is -0.265. The van der Waals surface area contributed by atoms with E-state index in [2.05, 4.69) is 10.6 Å². The standard InChI is InChI=1S/C17H29N3O3/c1-12(2)20-11-14(10-15(20)21)17(23)19-9-8-18-16(22)13-6-4-3-5-7-13/h12-14H,3-11H2,1-2H3,(H,18,22)(H,19,23)/t14-/m1/s1. The van der Waals surface area contributed by atoms with E-state index >= 15 is 0 Å². The summed E-state index contributed by atoms with van der Waals surface area (Å²) in [6, 6.07) is 0.134. The van der Waals surface area contributed by atoms with Crippen molar-refractivity contribution in [1.29, 1.82) is 0 Å². The Labute approximate surface area is 138 Å². The smallest absolute Gasteiger partial charge is 0.225 e. The van der Waals surface area contributed by atoms with Crippen LogP contribution in [0.3, 0.4) is 0 Å². The predicted molar refractivity (Wildman–Crippen MR) is 87.6 cm³/mol. The number of rotatable bonds is 6. The summed E-state index contributed by atoms with van der Waals surface area (Å²) >= 11 is 0. The fourth-order valence-corrected chi connectivity index (χ4v) is 3.43. The highest BCUT2D eigenvalue weighted by Gasteiger charge is 2.35. The molecule has 0 aromatic heterocycles. The van der Waals surface area contributed by atoms with E-state index in [1.165, 1.54) is 6.42 Å². The van der Waals surface area contributed by atoms with Crippen LogP contribution < -0.4 is 10.6 Å². The summed E-state index contributed by atoms with van der Waals surface area (Å²) in [7, 11) is 0. The van der Waals surface area contributed by atoms with Gasteiger partial charge in [0.2, 0.25) is 17.7 Å². The van der Waals surface area contributed by atoms with Crippen molar-refractivity contribution in [3.63, 3.8) is 0 Å².